The van der Waals surface area contributed by atoms with Crippen LogP contribution in [0.25, 0.3) is 0 Å². The number of carbonyl (C=O) groups excluding carboxylic acids is 1. The van der Waals surface area contributed by atoms with E-state index in [0.717, 1.165) is 0 Å². The summed E-state index contributed by atoms with van der Waals surface area (Å²) >= 11 is 0. The van der Waals surface area contributed by atoms with E-state index in [9.17, 15) is 17.8 Å². The molecule has 0 spiro atoms. The number of hydrogen-bond acceptors (Lipinski definition) is 4. The number of carbonyl (C=O) groups is 1. The summed E-state index contributed by atoms with van der Waals surface area (Å²) in [6, 6.07) is 10.9. The summed E-state index contributed by atoms with van der Waals surface area (Å²) in [4.78, 5) is 12.9. The van der Waals surface area contributed by atoms with Crippen molar-refractivity contribution >= 4 is 16.1 Å². The molecule has 0 bridgehead atoms. The first-order valence-corrected chi connectivity index (χ1v) is 15.5. The number of benzene rings is 2. The fraction of sp³-hybridized carbons (Fsp3) is 0.581. The van der Waals surface area contributed by atoms with E-state index in [2.05, 4.69) is 12.1 Å². The van der Waals surface area contributed by atoms with E-state index >= 15 is 0 Å². The Labute approximate surface area is 223 Å². The lowest BCUT2D eigenvalue weighted by Crippen LogP contribution is -2.13. The van der Waals surface area contributed by atoms with Gasteiger partial charge in [-0.25, -0.2) is 4.79 Å². The van der Waals surface area contributed by atoms with Crippen LogP contribution in [0, 0.1) is 0 Å². The van der Waals surface area contributed by atoms with E-state index in [1.807, 2.05) is 39.8 Å². The smallest absolute Gasteiger partial charge is 0.343 e. The molecule has 0 aromatic heterocycles. The van der Waals surface area contributed by atoms with Crippen molar-refractivity contribution in [3.05, 3.63) is 58.7 Å². The Morgan fingerprint density at radius 3 is 1.62 bits per heavy atom. The fourth-order valence-electron chi connectivity index (χ4n) is 5.41. The average Bonchev–Trinajstić information content (AvgIpc) is 2.83. The van der Waals surface area contributed by atoms with E-state index in [0.29, 0.717) is 22.6 Å². The summed E-state index contributed by atoms with van der Waals surface area (Å²) in [7, 11) is -4.42. The summed E-state index contributed by atoms with van der Waals surface area (Å²) in [5.74, 6) is -0.0289. The van der Waals surface area contributed by atoms with Crippen LogP contribution in [0.1, 0.15) is 143 Å². The molecule has 0 unspecified atom stereocenters. The number of hydrogen-bond donors (Lipinski definition) is 1. The second-order valence-corrected chi connectivity index (χ2v) is 12.5. The van der Waals surface area contributed by atoms with Gasteiger partial charge in [0.2, 0.25) is 0 Å². The highest BCUT2D eigenvalue weighted by Gasteiger charge is 2.26. The van der Waals surface area contributed by atoms with Crippen LogP contribution in [-0.2, 0) is 10.1 Å². The second-order valence-electron chi connectivity index (χ2n) is 11.2. The van der Waals surface area contributed by atoms with Crippen LogP contribution >= 0.6 is 0 Å². The van der Waals surface area contributed by atoms with Gasteiger partial charge in [-0.2, -0.15) is 8.42 Å². The van der Waals surface area contributed by atoms with Gasteiger partial charge in [-0.1, -0.05) is 97.6 Å². The van der Waals surface area contributed by atoms with Crippen LogP contribution in [-0.4, -0.2) is 18.9 Å². The molecule has 0 atom stereocenters. The Morgan fingerprint density at radius 1 is 0.784 bits per heavy atom. The summed E-state index contributed by atoms with van der Waals surface area (Å²) in [6.45, 7) is 7.39. The number of ether oxygens (including phenoxy) is 1. The van der Waals surface area contributed by atoms with E-state index in [4.69, 9.17) is 4.74 Å². The first-order valence-electron chi connectivity index (χ1n) is 14.1. The summed E-state index contributed by atoms with van der Waals surface area (Å²) in [5.41, 5.74) is 2.63. The molecule has 5 nitrogen and oxygen atoms in total. The highest BCUT2D eigenvalue weighted by atomic mass is 32.2. The maximum Gasteiger partial charge on any atom is 0.343 e. The molecule has 0 aliphatic heterocycles. The van der Waals surface area contributed by atoms with Gasteiger partial charge in [-0.3, -0.25) is 4.55 Å². The average molecular weight is 529 g/mol. The van der Waals surface area contributed by atoms with Crippen molar-refractivity contribution in [2.24, 2.45) is 0 Å². The van der Waals surface area contributed by atoms with Gasteiger partial charge in [0, 0.05) is 0 Å². The van der Waals surface area contributed by atoms with Crippen LogP contribution in [0.15, 0.2) is 41.3 Å². The highest BCUT2D eigenvalue weighted by Crippen LogP contribution is 2.36. The zero-order chi connectivity index (χ0) is 27.0. The quantitative estimate of drug-likeness (QED) is 0.230. The lowest BCUT2D eigenvalue weighted by molar-refractivity contribution is 0.0734. The third-order valence-electron chi connectivity index (χ3n) is 7.56. The Balaban J connectivity index is 1.78. The van der Waals surface area contributed by atoms with E-state index in [-0.39, 0.29) is 22.5 Å². The molecule has 2 aromatic carbocycles. The van der Waals surface area contributed by atoms with E-state index in [1.165, 1.54) is 76.2 Å². The molecule has 1 aliphatic rings. The van der Waals surface area contributed by atoms with Gasteiger partial charge in [0.15, 0.2) is 0 Å². The molecule has 3 rings (SSSR count). The van der Waals surface area contributed by atoms with Crippen molar-refractivity contribution < 1.29 is 22.5 Å². The molecule has 0 amide bonds. The molecule has 37 heavy (non-hydrogen) atoms. The van der Waals surface area contributed by atoms with Crippen molar-refractivity contribution in [2.75, 3.05) is 0 Å². The molecule has 1 aliphatic carbocycles. The maximum absolute atomic E-state index is 13.0. The van der Waals surface area contributed by atoms with Crippen molar-refractivity contribution in [2.45, 2.75) is 121 Å². The van der Waals surface area contributed by atoms with Crippen molar-refractivity contribution in [3.63, 3.8) is 0 Å². The van der Waals surface area contributed by atoms with Crippen LogP contribution in [0.4, 0.5) is 0 Å². The molecule has 2 aromatic rings. The molecular weight excluding hydrogens is 484 g/mol. The van der Waals surface area contributed by atoms with Crippen molar-refractivity contribution in [1.82, 2.24) is 0 Å². The topological polar surface area (TPSA) is 80.7 Å². The Morgan fingerprint density at radius 2 is 1.22 bits per heavy atom. The van der Waals surface area contributed by atoms with E-state index in [1.54, 1.807) is 12.1 Å². The summed E-state index contributed by atoms with van der Waals surface area (Å²) in [5, 5.41) is 0. The minimum atomic E-state index is -4.42. The van der Waals surface area contributed by atoms with Crippen LogP contribution < -0.4 is 4.74 Å². The standard InChI is InChI=1S/C31H44O5S/c1-22(2)28-20-27(21-29(23(3)4)30(28)37(33,34)35)36-31(32)26-18-16-25(17-19-26)24-14-12-10-8-6-5-7-9-11-13-15-24/h16-24H,5-15H2,1-4H3,(H,33,34,35). The van der Waals surface area contributed by atoms with Crippen LogP contribution in [0.3, 0.4) is 0 Å². The minimum absolute atomic E-state index is 0.0846. The third kappa shape index (κ3) is 8.41. The molecule has 0 heterocycles. The van der Waals surface area contributed by atoms with Crippen LogP contribution in [0.5, 0.6) is 5.75 Å². The molecule has 6 heteroatoms. The predicted octanol–water partition coefficient (Wildman–Crippen LogP) is 8.79. The largest absolute Gasteiger partial charge is 0.423 e. The normalized spacial score (nSPS) is 16.8. The van der Waals surface area contributed by atoms with Crippen molar-refractivity contribution in [1.29, 1.82) is 0 Å². The first kappa shape index (κ1) is 29.4. The second kappa shape index (κ2) is 13.6. The predicted molar refractivity (Wildman–Crippen MR) is 149 cm³/mol. The Kier molecular flexibility index (Phi) is 10.8. The lowest BCUT2D eigenvalue weighted by Gasteiger charge is -2.20. The Bertz CT molecular complexity index is 1090. The number of rotatable bonds is 6. The Hall–Kier alpha value is -2.18. The van der Waals surface area contributed by atoms with Gasteiger partial charge >= 0.3 is 5.97 Å². The molecule has 1 N–H and O–H groups in total. The summed E-state index contributed by atoms with van der Waals surface area (Å²) < 4.78 is 39.9. The molecule has 1 saturated carbocycles. The monoisotopic (exact) mass is 528 g/mol. The molecule has 0 saturated heterocycles. The van der Waals surface area contributed by atoms with Gasteiger partial charge < -0.3 is 4.74 Å². The van der Waals surface area contributed by atoms with Gasteiger partial charge in [-0.15, -0.1) is 0 Å². The number of esters is 1. The zero-order valence-corrected chi connectivity index (χ0v) is 23.8. The van der Waals surface area contributed by atoms with E-state index < -0.39 is 16.1 Å². The fourth-order valence-corrected chi connectivity index (χ4v) is 6.60. The summed E-state index contributed by atoms with van der Waals surface area (Å²) in [6.07, 6.45) is 14.3. The van der Waals surface area contributed by atoms with Gasteiger partial charge in [0.05, 0.1) is 5.56 Å². The zero-order valence-electron chi connectivity index (χ0n) is 23.0. The SMILES string of the molecule is CC(C)c1cc(OC(=O)c2ccc(C3CCCCCCCCCCC3)cc2)cc(C(C)C)c1S(=O)(=O)O. The molecule has 0 radical (unpaired) electrons. The minimum Gasteiger partial charge on any atom is -0.423 e. The molecule has 204 valence electrons. The third-order valence-corrected chi connectivity index (χ3v) is 8.54. The van der Waals surface area contributed by atoms with Gasteiger partial charge in [-0.05, 0) is 71.6 Å². The maximum atomic E-state index is 13.0. The highest BCUT2D eigenvalue weighted by molar-refractivity contribution is 7.86. The van der Waals surface area contributed by atoms with Gasteiger partial charge in [0.1, 0.15) is 10.6 Å². The van der Waals surface area contributed by atoms with Crippen LogP contribution in [0.2, 0.25) is 0 Å². The van der Waals surface area contributed by atoms with Crippen molar-refractivity contribution in [3.8, 4) is 5.75 Å². The molecule has 1 fully saturated rings. The lowest BCUT2D eigenvalue weighted by atomic mass is 9.87. The van der Waals surface area contributed by atoms with Gasteiger partial charge in [0.25, 0.3) is 10.1 Å². The molecular formula is C31H44O5S. The first-order chi connectivity index (χ1) is 17.6.